The predicted molar refractivity (Wildman–Crippen MR) is 103 cm³/mol. The predicted octanol–water partition coefficient (Wildman–Crippen LogP) is 4.93. The van der Waals surface area contributed by atoms with Crippen LogP contribution in [-0.2, 0) is 11.0 Å². The summed E-state index contributed by atoms with van der Waals surface area (Å²) < 4.78 is 54.3. The smallest absolute Gasteiger partial charge is 0.350 e. The lowest BCUT2D eigenvalue weighted by Gasteiger charge is -2.12. The second-order valence-electron chi connectivity index (χ2n) is 6.28. The van der Waals surface area contributed by atoms with Gasteiger partial charge in [0.1, 0.15) is 11.5 Å². The minimum Gasteiger partial charge on any atom is -0.350 e. The number of fused-ring (bicyclic) bond motifs is 1. The fourth-order valence-corrected chi connectivity index (χ4v) is 3.55. The first kappa shape index (κ1) is 21.0. The first-order chi connectivity index (χ1) is 13.7. The molecule has 1 N–H and O–H groups in total. The number of hydrogen-bond donors (Lipinski definition) is 1. The van der Waals surface area contributed by atoms with Gasteiger partial charge in [-0.2, -0.15) is 13.2 Å². The summed E-state index contributed by atoms with van der Waals surface area (Å²) >= 11 is 0.351. The summed E-state index contributed by atoms with van der Waals surface area (Å²) in [5.41, 5.74) is 0.317. The summed E-state index contributed by atoms with van der Waals surface area (Å²) in [5, 5.41) is 5.30. The van der Waals surface area contributed by atoms with E-state index in [0.29, 0.717) is 11.3 Å². The van der Waals surface area contributed by atoms with Gasteiger partial charge in [0.25, 0.3) is 0 Å². The fourth-order valence-electron chi connectivity index (χ4n) is 2.78. The molecule has 0 atom stereocenters. The van der Waals surface area contributed by atoms with Crippen molar-refractivity contribution in [2.24, 2.45) is 0 Å². The van der Waals surface area contributed by atoms with E-state index in [1.807, 2.05) is 13.8 Å². The van der Waals surface area contributed by atoms with Crippen LogP contribution >= 0.6 is 11.3 Å². The summed E-state index contributed by atoms with van der Waals surface area (Å²) in [7, 11) is 0. The van der Waals surface area contributed by atoms with E-state index in [1.54, 1.807) is 6.07 Å². The van der Waals surface area contributed by atoms with Gasteiger partial charge in [0.05, 0.1) is 5.69 Å². The van der Waals surface area contributed by atoms with Crippen LogP contribution in [0, 0.1) is 5.82 Å². The van der Waals surface area contributed by atoms with Crippen molar-refractivity contribution in [1.82, 2.24) is 19.9 Å². The third-order valence-corrected chi connectivity index (χ3v) is 5.29. The third-order valence-electron chi connectivity index (χ3n) is 4.33. The molecule has 0 aliphatic heterocycles. The topological polar surface area (TPSA) is 59.3 Å². The maximum atomic E-state index is 14.3. The molecule has 154 valence electrons. The monoisotopic (exact) mass is 426 g/mol. The van der Waals surface area contributed by atoms with Gasteiger partial charge in [0.15, 0.2) is 0 Å². The molecule has 2 aromatic heterocycles. The van der Waals surface area contributed by atoms with Crippen molar-refractivity contribution in [2.45, 2.75) is 38.9 Å². The zero-order valence-electron chi connectivity index (χ0n) is 15.6. The number of carbonyl (C=O) groups is 1. The molecule has 0 saturated heterocycles. The molecule has 0 spiro atoms. The quantitative estimate of drug-likeness (QED) is 0.449. The summed E-state index contributed by atoms with van der Waals surface area (Å²) in [6.45, 7) is 3.87. The number of imidazole rings is 1. The van der Waals surface area contributed by atoms with E-state index in [-0.39, 0.29) is 28.0 Å². The van der Waals surface area contributed by atoms with Crippen LogP contribution in [0.3, 0.4) is 0 Å². The molecular formula is C19H18F4N4OS. The third kappa shape index (κ3) is 4.47. The lowest BCUT2D eigenvalue weighted by Crippen LogP contribution is -2.32. The summed E-state index contributed by atoms with van der Waals surface area (Å²) in [6.07, 6.45) is -0.640. The molecule has 0 aliphatic carbocycles. The fraction of sp³-hybridized carbons (Fsp3) is 0.316. The number of halogens is 4. The first-order valence-electron chi connectivity index (χ1n) is 8.94. The van der Waals surface area contributed by atoms with Crippen molar-refractivity contribution in [3.8, 4) is 11.3 Å². The molecule has 3 aromatic rings. The van der Waals surface area contributed by atoms with Crippen LogP contribution in [0.15, 0.2) is 30.3 Å². The zero-order valence-corrected chi connectivity index (χ0v) is 16.4. The van der Waals surface area contributed by atoms with Crippen molar-refractivity contribution < 1.29 is 22.4 Å². The number of carbonyl (C=O) groups excluding carboxylic acids is 1. The van der Waals surface area contributed by atoms with Crippen LogP contribution in [0.4, 0.5) is 17.6 Å². The molecule has 1 amide bonds. The minimum atomic E-state index is -4.63. The highest BCUT2D eigenvalue weighted by Gasteiger charge is 2.36. The first-order valence-corrected chi connectivity index (χ1v) is 9.76. The molecular weight excluding hydrogens is 408 g/mol. The molecule has 10 heteroatoms. The molecule has 0 bridgehead atoms. The van der Waals surface area contributed by atoms with Crippen LogP contribution in [0.25, 0.3) is 22.3 Å². The molecule has 3 rings (SSSR count). The maximum Gasteiger partial charge on any atom is 0.445 e. The average Bonchev–Trinajstić information content (AvgIpc) is 3.23. The zero-order chi connectivity index (χ0) is 21.2. The number of benzene rings is 1. The Bertz CT molecular complexity index is 1050. The van der Waals surface area contributed by atoms with E-state index in [1.165, 1.54) is 30.4 Å². The second kappa shape index (κ2) is 8.32. The van der Waals surface area contributed by atoms with Gasteiger partial charge in [-0.3, -0.25) is 4.79 Å². The molecule has 5 nitrogen and oxygen atoms in total. The van der Waals surface area contributed by atoms with Crippen molar-refractivity contribution >= 4 is 28.3 Å². The van der Waals surface area contributed by atoms with E-state index in [2.05, 4.69) is 15.4 Å². The van der Waals surface area contributed by atoms with Gasteiger partial charge in [-0.25, -0.2) is 13.9 Å². The molecule has 1 aromatic carbocycles. The van der Waals surface area contributed by atoms with Crippen LogP contribution in [-0.4, -0.2) is 26.5 Å². The van der Waals surface area contributed by atoms with Crippen LogP contribution in [0.1, 0.15) is 37.4 Å². The SMILES string of the molecule is CCC(CC)NC(=O)/C=C/c1c(-c2ccccc2F)nc2sc(C(F)(F)F)nn12. The van der Waals surface area contributed by atoms with Gasteiger partial charge < -0.3 is 5.32 Å². The Balaban J connectivity index is 2.07. The molecule has 0 unspecified atom stereocenters. The molecule has 29 heavy (non-hydrogen) atoms. The number of alkyl halides is 3. The molecule has 0 radical (unpaired) electrons. The lowest BCUT2D eigenvalue weighted by molar-refractivity contribution is -0.138. The standard InChI is InChI=1S/C19H18F4N4OS/c1-3-11(4-2)24-15(28)10-9-14-16(12-7-5-6-8-13(12)20)25-18-27(14)26-17(29-18)19(21,22)23/h5-11H,3-4H2,1-2H3,(H,24,28)/b10-9+. The van der Waals surface area contributed by atoms with Crippen LogP contribution in [0.2, 0.25) is 0 Å². The van der Waals surface area contributed by atoms with E-state index in [4.69, 9.17) is 0 Å². The Kier molecular flexibility index (Phi) is 6.02. The van der Waals surface area contributed by atoms with Gasteiger partial charge in [0, 0.05) is 17.7 Å². The molecule has 0 aliphatic rings. The van der Waals surface area contributed by atoms with Crippen molar-refractivity contribution in [3.63, 3.8) is 0 Å². The van der Waals surface area contributed by atoms with Crippen LogP contribution < -0.4 is 5.32 Å². The average molecular weight is 426 g/mol. The lowest BCUT2D eigenvalue weighted by atomic mass is 10.1. The molecule has 0 saturated carbocycles. The second-order valence-corrected chi connectivity index (χ2v) is 7.24. The van der Waals surface area contributed by atoms with Gasteiger partial charge in [-0.15, -0.1) is 5.10 Å². The van der Waals surface area contributed by atoms with Crippen molar-refractivity contribution in [1.29, 1.82) is 0 Å². The highest BCUT2D eigenvalue weighted by molar-refractivity contribution is 7.16. The highest BCUT2D eigenvalue weighted by Crippen LogP contribution is 2.35. The largest absolute Gasteiger partial charge is 0.445 e. The Morgan fingerprint density at radius 1 is 1.28 bits per heavy atom. The summed E-state index contributed by atoms with van der Waals surface area (Å²) in [4.78, 5) is 16.3. The Morgan fingerprint density at radius 2 is 1.97 bits per heavy atom. The van der Waals surface area contributed by atoms with E-state index < -0.39 is 22.9 Å². The van der Waals surface area contributed by atoms with Gasteiger partial charge in [0.2, 0.25) is 15.9 Å². The van der Waals surface area contributed by atoms with E-state index in [9.17, 15) is 22.4 Å². The molecule has 2 heterocycles. The van der Waals surface area contributed by atoms with Crippen molar-refractivity contribution in [2.75, 3.05) is 0 Å². The Hall–Kier alpha value is -2.75. The number of amides is 1. The minimum absolute atomic E-state index is 0.0141. The molecule has 0 fully saturated rings. The van der Waals surface area contributed by atoms with Crippen LogP contribution in [0.5, 0.6) is 0 Å². The van der Waals surface area contributed by atoms with Gasteiger partial charge in [-0.05, 0) is 31.1 Å². The van der Waals surface area contributed by atoms with Gasteiger partial charge in [-0.1, -0.05) is 37.3 Å². The Morgan fingerprint density at radius 3 is 2.59 bits per heavy atom. The number of rotatable bonds is 6. The highest BCUT2D eigenvalue weighted by atomic mass is 32.1. The van der Waals surface area contributed by atoms with E-state index >= 15 is 0 Å². The number of hydrogen-bond acceptors (Lipinski definition) is 4. The van der Waals surface area contributed by atoms with Crippen molar-refractivity contribution in [3.05, 3.63) is 46.9 Å². The normalized spacial score (nSPS) is 12.4. The van der Waals surface area contributed by atoms with E-state index in [0.717, 1.165) is 17.4 Å². The number of aromatic nitrogens is 3. The summed E-state index contributed by atoms with van der Waals surface area (Å²) in [5.74, 6) is -0.982. The number of nitrogens with zero attached hydrogens (tertiary/aromatic N) is 3. The number of nitrogens with one attached hydrogen (secondary N) is 1. The maximum absolute atomic E-state index is 14.3. The summed E-state index contributed by atoms with van der Waals surface area (Å²) in [6, 6.07) is 5.77. The van der Waals surface area contributed by atoms with Gasteiger partial charge >= 0.3 is 6.18 Å². The Labute approximate surface area is 168 Å².